The van der Waals surface area contributed by atoms with Crippen LogP contribution in [0.4, 0.5) is 0 Å². The van der Waals surface area contributed by atoms with Crippen LogP contribution in [-0.2, 0) is 13.1 Å². The van der Waals surface area contributed by atoms with E-state index in [0.29, 0.717) is 6.54 Å². The Bertz CT molecular complexity index is 587. The van der Waals surface area contributed by atoms with Crippen LogP contribution in [-0.4, -0.2) is 11.1 Å². The third-order valence-electron chi connectivity index (χ3n) is 3.22. The van der Waals surface area contributed by atoms with Crippen molar-refractivity contribution in [3.63, 3.8) is 0 Å². The van der Waals surface area contributed by atoms with E-state index in [9.17, 15) is 4.79 Å². The van der Waals surface area contributed by atoms with Gasteiger partial charge in [-0.1, -0.05) is 26.0 Å². The van der Waals surface area contributed by atoms with Crippen LogP contribution in [0.1, 0.15) is 32.3 Å². The number of pyridine rings is 1. The molecule has 1 N–H and O–H groups in total. The smallest absolute Gasteiger partial charge is 0.255 e. The molecule has 108 valence electrons. The molecule has 2 rings (SSSR count). The van der Waals surface area contributed by atoms with Crippen LogP contribution in [0, 0.1) is 0 Å². The van der Waals surface area contributed by atoms with E-state index >= 15 is 0 Å². The molecular formula is C16H22N2OS. The lowest BCUT2D eigenvalue weighted by molar-refractivity contribution is 0.631. The molecule has 0 aliphatic carbocycles. The van der Waals surface area contributed by atoms with Crippen LogP contribution in [0.5, 0.6) is 0 Å². The molecule has 20 heavy (non-hydrogen) atoms. The van der Waals surface area contributed by atoms with Gasteiger partial charge in [-0.3, -0.25) is 4.79 Å². The molecule has 4 heteroatoms. The number of hydrogen-bond acceptors (Lipinski definition) is 3. The monoisotopic (exact) mass is 290 g/mol. The van der Waals surface area contributed by atoms with Crippen molar-refractivity contribution in [2.75, 3.05) is 6.54 Å². The maximum Gasteiger partial charge on any atom is 0.255 e. The summed E-state index contributed by atoms with van der Waals surface area (Å²) in [5, 5.41) is 5.35. The minimum atomic E-state index is 0.140. The standard InChI is InChI=1S/C16H22N2OS/c1-3-9-17-12-13-7-8-14(15-6-5-11-20-15)18(10-4-2)16(13)19/h5-8,11,17H,3-4,9-10,12H2,1-2H3. The van der Waals surface area contributed by atoms with Gasteiger partial charge in [0, 0.05) is 18.7 Å². The summed E-state index contributed by atoms with van der Waals surface area (Å²) in [6, 6.07) is 8.14. The number of thiophene rings is 1. The van der Waals surface area contributed by atoms with Crippen molar-refractivity contribution in [2.24, 2.45) is 0 Å². The van der Waals surface area contributed by atoms with Crippen LogP contribution in [0.15, 0.2) is 34.4 Å². The molecule has 0 spiro atoms. The summed E-state index contributed by atoms with van der Waals surface area (Å²) < 4.78 is 1.91. The second kappa shape index (κ2) is 7.41. The number of rotatable bonds is 7. The van der Waals surface area contributed by atoms with Crippen LogP contribution >= 0.6 is 11.3 Å². The van der Waals surface area contributed by atoms with Crippen molar-refractivity contribution >= 4 is 11.3 Å². The molecule has 0 saturated carbocycles. The minimum absolute atomic E-state index is 0.140. The molecule has 0 bridgehead atoms. The topological polar surface area (TPSA) is 34.0 Å². The van der Waals surface area contributed by atoms with Crippen LogP contribution < -0.4 is 10.9 Å². The number of nitrogens with one attached hydrogen (secondary N) is 1. The summed E-state index contributed by atoms with van der Waals surface area (Å²) in [7, 11) is 0. The molecular weight excluding hydrogens is 268 g/mol. The number of nitrogens with zero attached hydrogens (tertiary/aromatic N) is 1. The quantitative estimate of drug-likeness (QED) is 0.792. The molecule has 2 heterocycles. The Hall–Kier alpha value is -1.39. The summed E-state index contributed by atoms with van der Waals surface area (Å²) >= 11 is 1.68. The summed E-state index contributed by atoms with van der Waals surface area (Å²) in [5.74, 6) is 0. The van der Waals surface area contributed by atoms with E-state index in [2.05, 4.69) is 31.3 Å². The molecule has 0 unspecified atom stereocenters. The Kier molecular flexibility index (Phi) is 5.56. The van der Waals surface area contributed by atoms with Crippen molar-refractivity contribution in [1.29, 1.82) is 0 Å². The van der Waals surface area contributed by atoms with E-state index in [4.69, 9.17) is 0 Å². The average molecular weight is 290 g/mol. The first-order chi connectivity index (χ1) is 9.77. The highest BCUT2D eigenvalue weighted by atomic mass is 32.1. The van der Waals surface area contributed by atoms with E-state index in [0.717, 1.165) is 42.1 Å². The van der Waals surface area contributed by atoms with E-state index in [-0.39, 0.29) is 5.56 Å². The van der Waals surface area contributed by atoms with Gasteiger partial charge in [0.25, 0.3) is 5.56 Å². The van der Waals surface area contributed by atoms with E-state index in [1.165, 1.54) is 0 Å². The van der Waals surface area contributed by atoms with Crippen molar-refractivity contribution < 1.29 is 0 Å². The van der Waals surface area contributed by atoms with Gasteiger partial charge in [-0.2, -0.15) is 0 Å². The highest BCUT2D eigenvalue weighted by Gasteiger charge is 2.10. The maximum atomic E-state index is 12.6. The van der Waals surface area contributed by atoms with Gasteiger partial charge in [-0.05, 0) is 36.9 Å². The second-order valence-electron chi connectivity index (χ2n) is 4.85. The zero-order valence-electron chi connectivity index (χ0n) is 12.2. The third-order valence-corrected chi connectivity index (χ3v) is 4.11. The molecule has 2 aromatic rings. The molecule has 0 aromatic carbocycles. The predicted octanol–water partition coefficient (Wildman–Crippen LogP) is 3.49. The molecule has 0 aliphatic heterocycles. The fourth-order valence-corrected chi connectivity index (χ4v) is 3.00. The fraction of sp³-hybridized carbons (Fsp3) is 0.438. The third kappa shape index (κ3) is 3.38. The van der Waals surface area contributed by atoms with Gasteiger partial charge in [-0.25, -0.2) is 0 Å². The summed E-state index contributed by atoms with van der Waals surface area (Å²) in [5.41, 5.74) is 2.03. The van der Waals surface area contributed by atoms with Gasteiger partial charge in [0.15, 0.2) is 0 Å². The number of hydrogen-bond donors (Lipinski definition) is 1. The van der Waals surface area contributed by atoms with Crippen molar-refractivity contribution in [3.8, 4) is 10.6 Å². The molecule has 0 fully saturated rings. The van der Waals surface area contributed by atoms with Gasteiger partial charge < -0.3 is 9.88 Å². The van der Waals surface area contributed by atoms with Gasteiger partial charge in [-0.15, -0.1) is 11.3 Å². The maximum absolute atomic E-state index is 12.6. The second-order valence-corrected chi connectivity index (χ2v) is 5.80. The molecule has 0 radical (unpaired) electrons. The largest absolute Gasteiger partial charge is 0.312 e. The normalized spacial score (nSPS) is 10.9. The highest BCUT2D eigenvalue weighted by molar-refractivity contribution is 7.13. The predicted molar refractivity (Wildman–Crippen MR) is 86.3 cm³/mol. The Balaban J connectivity index is 2.35. The molecule has 0 amide bonds. The lowest BCUT2D eigenvalue weighted by Gasteiger charge is -2.13. The van der Waals surface area contributed by atoms with E-state index in [1.807, 2.05) is 22.1 Å². The van der Waals surface area contributed by atoms with Crippen LogP contribution in [0.25, 0.3) is 10.6 Å². The minimum Gasteiger partial charge on any atom is -0.312 e. The molecule has 2 aromatic heterocycles. The average Bonchev–Trinajstić information content (AvgIpc) is 2.97. The lowest BCUT2D eigenvalue weighted by atomic mass is 10.2. The summed E-state index contributed by atoms with van der Waals surface area (Å²) in [6.45, 7) is 6.60. The Morgan fingerprint density at radius 3 is 2.70 bits per heavy atom. The van der Waals surface area contributed by atoms with Crippen LogP contribution in [0.2, 0.25) is 0 Å². The van der Waals surface area contributed by atoms with E-state index in [1.54, 1.807) is 11.3 Å². The first kappa shape index (κ1) is 15.0. The van der Waals surface area contributed by atoms with Gasteiger partial charge >= 0.3 is 0 Å². The molecule has 0 saturated heterocycles. The van der Waals surface area contributed by atoms with Crippen LogP contribution in [0.3, 0.4) is 0 Å². The van der Waals surface area contributed by atoms with Gasteiger partial charge in [0.05, 0.1) is 10.6 Å². The Morgan fingerprint density at radius 2 is 2.05 bits per heavy atom. The summed E-state index contributed by atoms with van der Waals surface area (Å²) in [4.78, 5) is 13.8. The first-order valence-corrected chi connectivity index (χ1v) is 8.13. The van der Waals surface area contributed by atoms with Crippen molar-refractivity contribution in [1.82, 2.24) is 9.88 Å². The van der Waals surface area contributed by atoms with E-state index < -0.39 is 0 Å². The Morgan fingerprint density at radius 1 is 1.20 bits per heavy atom. The number of aromatic nitrogens is 1. The zero-order valence-corrected chi connectivity index (χ0v) is 13.0. The SMILES string of the molecule is CCCNCc1ccc(-c2cccs2)n(CCC)c1=O. The molecule has 0 atom stereocenters. The summed E-state index contributed by atoms with van der Waals surface area (Å²) in [6.07, 6.45) is 2.04. The van der Waals surface area contributed by atoms with Crippen molar-refractivity contribution in [3.05, 3.63) is 45.6 Å². The highest BCUT2D eigenvalue weighted by Crippen LogP contribution is 2.23. The lowest BCUT2D eigenvalue weighted by Crippen LogP contribution is -2.28. The molecule has 3 nitrogen and oxygen atoms in total. The fourth-order valence-electron chi connectivity index (χ4n) is 2.24. The van der Waals surface area contributed by atoms with Gasteiger partial charge in [0.2, 0.25) is 0 Å². The first-order valence-electron chi connectivity index (χ1n) is 7.25. The van der Waals surface area contributed by atoms with Crippen molar-refractivity contribution in [2.45, 2.75) is 39.8 Å². The molecule has 0 aliphatic rings. The Labute approximate surface area is 124 Å². The van der Waals surface area contributed by atoms with Gasteiger partial charge in [0.1, 0.15) is 0 Å². The zero-order chi connectivity index (χ0) is 14.4.